The second-order valence-corrected chi connectivity index (χ2v) is 6.61. The summed E-state index contributed by atoms with van der Waals surface area (Å²) in [6.07, 6.45) is -0.780. The molecule has 1 aromatic carbocycles. The highest BCUT2D eigenvalue weighted by Gasteiger charge is 2.37. The van der Waals surface area contributed by atoms with Gasteiger partial charge in [0, 0.05) is 26.1 Å². The number of hydrogen-bond donors (Lipinski definition) is 2. The van der Waals surface area contributed by atoms with E-state index in [0.717, 1.165) is 5.56 Å². The maximum atomic E-state index is 13.5. The van der Waals surface area contributed by atoms with Gasteiger partial charge in [0.05, 0.1) is 19.1 Å². The van der Waals surface area contributed by atoms with Gasteiger partial charge in [-0.25, -0.2) is 9.18 Å². The molecule has 2 N–H and O–H groups in total. The minimum absolute atomic E-state index is 0.235. The highest BCUT2D eigenvalue weighted by Crippen LogP contribution is 2.21. The van der Waals surface area contributed by atoms with Crippen LogP contribution in [0, 0.1) is 5.92 Å². The molecule has 0 aromatic heterocycles. The first-order valence-electron chi connectivity index (χ1n) is 8.78. The molecule has 1 heterocycles. The molecule has 1 aromatic rings. The first-order valence-corrected chi connectivity index (χ1v) is 8.78. The lowest BCUT2D eigenvalue weighted by Gasteiger charge is -2.28. The molecule has 1 amide bonds. The van der Waals surface area contributed by atoms with E-state index in [1.165, 1.54) is 14.2 Å². The Bertz CT molecular complexity index is 598. The number of methoxy groups -OCH3 is 2. The fraction of sp³-hybridized carbons (Fsp3) is 0.579. The lowest BCUT2D eigenvalue weighted by atomic mass is 9.94. The van der Waals surface area contributed by atoms with Crippen molar-refractivity contribution in [1.82, 2.24) is 10.6 Å². The van der Waals surface area contributed by atoms with Crippen molar-refractivity contribution in [3.05, 3.63) is 35.9 Å². The summed E-state index contributed by atoms with van der Waals surface area (Å²) in [5.41, 5.74) is 0.914. The van der Waals surface area contributed by atoms with Gasteiger partial charge < -0.3 is 20.1 Å². The third-order valence-corrected chi connectivity index (χ3v) is 4.77. The van der Waals surface area contributed by atoms with Crippen LogP contribution in [0.3, 0.4) is 0 Å². The number of alkyl halides is 1. The van der Waals surface area contributed by atoms with Gasteiger partial charge in [-0.3, -0.25) is 4.79 Å². The molecular weight excluding hydrogens is 339 g/mol. The first kappa shape index (κ1) is 20.3. The second kappa shape index (κ2) is 9.64. The Labute approximate surface area is 153 Å². The molecule has 0 spiro atoms. The topological polar surface area (TPSA) is 76.7 Å². The van der Waals surface area contributed by atoms with E-state index in [4.69, 9.17) is 9.47 Å². The van der Waals surface area contributed by atoms with Crippen LogP contribution < -0.4 is 10.6 Å². The number of hydrogen-bond acceptors (Lipinski definition) is 5. The van der Waals surface area contributed by atoms with Crippen LogP contribution in [0.15, 0.2) is 30.3 Å². The Morgan fingerprint density at radius 2 is 2.00 bits per heavy atom. The van der Waals surface area contributed by atoms with Crippen LogP contribution >= 0.6 is 0 Å². The van der Waals surface area contributed by atoms with Crippen molar-refractivity contribution in [1.29, 1.82) is 0 Å². The molecule has 0 unspecified atom stereocenters. The van der Waals surface area contributed by atoms with Crippen LogP contribution in [-0.2, 0) is 25.5 Å². The van der Waals surface area contributed by atoms with Gasteiger partial charge in [0.15, 0.2) is 0 Å². The molecule has 26 heavy (non-hydrogen) atoms. The van der Waals surface area contributed by atoms with Crippen molar-refractivity contribution >= 4 is 11.9 Å². The van der Waals surface area contributed by atoms with Crippen LogP contribution in [0.1, 0.15) is 18.9 Å². The van der Waals surface area contributed by atoms with Crippen molar-refractivity contribution < 1.29 is 23.5 Å². The average molecular weight is 366 g/mol. The molecule has 1 saturated heterocycles. The Hall–Kier alpha value is -1.99. The van der Waals surface area contributed by atoms with Gasteiger partial charge in [-0.15, -0.1) is 0 Å². The van der Waals surface area contributed by atoms with E-state index in [-0.39, 0.29) is 18.5 Å². The predicted molar refractivity (Wildman–Crippen MR) is 95.4 cm³/mol. The van der Waals surface area contributed by atoms with Crippen LogP contribution in [0.2, 0.25) is 0 Å². The molecule has 6 nitrogen and oxygen atoms in total. The van der Waals surface area contributed by atoms with E-state index < -0.39 is 30.2 Å². The normalized spacial score (nSPS) is 23.1. The zero-order chi connectivity index (χ0) is 19.1. The highest BCUT2D eigenvalue weighted by atomic mass is 19.1. The summed E-state index contributed by atoms with van der Waals surface area (Å²) in [5.74, 6) is -1.38. The van der Waals surface area contributed by atoms with Crippen LogP contribution in [0.4, 0.5) is 4.39 Å². The van der Waals surface area contributed by atoms with E-state index >= 15 is 0 Å². The monoisotopic (exact) mass is 366 g/mol. The molecule has 1 fully saturated rings. The molecular formula is C19H27FN2O4. The molecule has 0 radical (unpaired) electrons. The van der Waals surface area contributed by atoms with Crippen molar-refractivity contribution in [2.45, 2.75) is 44.1 Å². The maximum Gasteiger partial charge on any atom is 0.328 e. The molecule has 1 aliphatic rings. The van der Waals surface area contributed by atoms with E-state index in [0.29, 0.717) is 12.8 Å². The molecule has 7 heteroatoms. The molecule has 0 bridgehead atoms. The van der Waals surface area contributed by atoms with Crippen molar-refractivity contribution in [2.24, 2.45) is 5.92 Å². The third kappa shape index (κ3) is 5.25. The fourth-order valence-electron chi connectivity index (χ4n) is 3.33. The predicted octanol–water partition coefficient (Wildman–Crippen LogP) is 1.24. The number of nitrogens with one attached hydrogen (secondary N) is 2. The van der Waals surface area contributed by atoms with Gasteiger partial charge in [-0.2, -0.15) is 0 Å². The van der Waals surface area contributed by atoms with Gasteiger partial charge in [-0.05, 0) is 12.0 Å². The fourth-order valence-corrected chi connectivity index (χ4v) is 3.33. The van der Waals surface area contributed by atoms with Crippen LogP contribution in [0.5, 0.6) is 0 Å². The Kier molecular flexibility index (Phi) is 7.53. The number of carbonyl (C=O) groups is 2. The molecule has 0 saturated carbocycles. The molecule has 0 aliphatic carbocycles. The van der Waals surface area contributed by atoms with E-state index in [1.807, 2.05) is 30.3 Å². The zero-order valence-corrected chi connectivity index (χ0v) is 15.4. The average Bonchev–Trinajstić information content (AvgIpc) is 3.07. The third-order valence-electron chi connectivity index (χ3n) is 4.77. The van der Waals surface area contributed by atoms with Crippen LogP contribution in [-0.4, -0.2) is 57.0 Å². The Balaban J connectivity index is 2.03. The minimum atomic E-state index is -0.936. The Morgan fingerprint density at radius 1 is 1.31 bits per heavy atom. The van der Waals surface area contributed by atoms with Gasteiger partial charge in [0.25, 0.3) is 0 Å². The number of benzene rings is 1. The zero-order valence-electron chi connectivity index (χ0n) is 15.4. The van der Waals surface area contributed by atoms with E-state index in [1.54, 1.807) is 6.92 Å². The van der Waals surface area contributed by atoms with Gasteiger partial charge in [-0.1, -0.05) is 37.3 Å². The summed E-state index contributed by atoms with van der Waals surface area (Å²) in [7, 11) is 2.79. The van der Waals surface area contributed by atoms with Gasteiger partial charge in [0.2, 0.25) is 5.91 Å². The summed E-state index contributed by atoms with van der Waals surface area (Å²) < 4.78 is 23.7. The van der Waals surface area contributed by atoms with Gasteiger partial charge in [0.1, 0.15) is 12.2 Å². The standard InChI is InChI=1S/C19H27FN2O4/c1-12(17(25-2)15-10-14(20)11-21-15)18(23)22-16(19(24)26-3)9-13-7-5-4-6-8-13/h4-8,12,14-17,21H,9-11H2,1-3H3,(H,22,23)/t12-,14+,15+,16+,17-/m1/s1. The quantitative estimate of drug-likeness (QED) is 0.677. The SMILES string of the molecule is COC(=O)[C@H](Cc1ccccc1)NC(=O)[C@H](C)[C@@H](OC)[C@@H]1C[C@H](F)CN1. The van der Waals surface area contributed by atoms with Gasteiger partial charge >= 0.3 is 5.97 Å². The number of esters is 1. The van der Waals surface area contributed by atoms with E-state index in [2.05, 4.69) is 10.6 Å². The highest BCUT2D eigenvalue weighted by molar-refractivity contribution is 5.86. The second-order valence-electron chi connectivity index (χ2n) is 6.61. The molecule has 2 rings (SSSR count). The summed E-state index contributed by atoms with van der Waals surface area (Å²) in [4.78, 5) is 24.8. The summed E-state index contributed by atoms with van der Waals surface area (Å²) in [6.45, 7) is 1.98. The number of ether oxygens (including phenoxy) is 2. The molecule has 5 atom stereocenters. The van der Waals surface area contributed by atoms with Crippen molar-refractivity contribution in [3.8, 4) is 0 Å². The summed E-state index contributed by atoms with van der Waals surface area (Å²) >= 11 is 0. The number of halogens is 1. The van der Waals surface area contributed by atoms with Crippen molar-refractivity contribution in [3.63, 3.8) is 0 Å². The van der Waals surface area contributed by atoms with Crippen LogP contribution in [0.25, 0.3) is 0 Å². The molecule has 1 aliphatic heterocycles. The van der Waals surface area contributed by atoms with Crippen molar-refractivity contribution in [2.75, 3.05) is 20.8 Å². The lowest BCUT2D eigenvalue weighted by Crippen LogP contribution is -2.50. The maximum absolute atomic E-state index is 13.5. The number of carbonyl (C=O) groups excluding carboxylic acids is 2. The summed E-state index contributed by atoms with van der Waals surface area (Å²) in [5, 5.41) is 5.80. The first-order chi connectivity index (χ1) is 12.5. The van der Waals surface area contributed by atoms with E-state index in [9.17, 15) is 14.0 Å². The lowest BCUT2D eigenvalue weighted by molar-refractivity contribution is -0.146. The smallest absolute Gasteiger partial charge is 0.328 e. The minimum Gasteiger partial charge on any atom is -0.467 e. The number of rotatable bonds is 8. The summed E-state index contributed by atoms with van der Waals surface area (Å²) in [6, 6.07) is 8.36. The largest absolute Gasteiger partial charge is 0.467 e. The number of amides is 1. The Morgan fingerprint density at radius 3 is 2.54 bits per heavy atom. The molecule has 144 valence electrons.